The molecule has 30 heavy (non-hydrogen) atoms. The van der Waals surface area contributed by atoms with Crippen LogP contribution in [0.25, 0.3) is 0 Å². The number of nitro groups is 1. The van der Waals surface area contributed by atoms with Crippen LogP contribution in [0.5, 0.6) is 5.75 Å². The van der Waals surface area contributed by atoms with Gasteiger partial charge in [0.15, 0.2) is 6.61 Å². The fourth-order valence-electron chi connectivity index (χ4n) is 3.71. The van der Waals surface area contributed by atoms with Crippen molar-refractivity contribution in [3.8, 4) is 5.75 Å². The molecular weight excluding hydrogens is 380 g/mol. The molecule has 0 N–H and O–H groups in total. The molecule has 3 aromatic rings. The van der Waals surface area contributed by atoms with Gasteiger partial charge in [-0.3, -0.25) is 14.9 Å². The van der Waals surface area contributed by atoms with E-state index in [9.17, 15) is 14.9 Å². The number of hydrogen-bond acceptors (Lipinski definition) is 4. The minimum Gasteiger partial charge on any atom is -0.483 e. The van der Waals surface area contributed by atoms with Gasteiger partial charge in [-0.1, -0.05) is 54.6 Å². The molecule has 0 atom stereocenters. The maximum atomic E-state index is 12.7. The smallest absolute Gasteiger partial charge is 0.269 e. The molecule has 3 aromatic carbocycles. The third-order valence-electron chi connectivity index (χ3n) is 5.33. The van der Waals surface area contributed by atoms with E-state index in [2.05, 4.69) is 6.07 Å². The quantitative estimate of drug-likeness (QED) is 0.459. The van der Waals surface area contributed by atoms with E-state index in [0.717, 1.165) is 17.5 Å². The Morgan fingerprint density at radius 2 is 1.73 bits per heavy atom. The number of rotatable bonds is 6. The molecule has 1 amide bonds. The lowest BCUT2D eigenvalue weighted by molar-refractivity contribution is -0.384. The normalized spacial score (nSPS) is 12.9. The predicted octanol–water partition coefficient (Wildman–Crippen LogP) is 4.15. The standard InChI is InChI=1S/C24H22N2O4/c27-24(25-13-12-19-8-4-5-9-20(19)16-25)17-30-23-11-10-22(26(28)29)15-21(23)14-18-6-2-1-3-7-18/h1-11,15H,12-14,16-17H2. The zero-order valence-electron chi connectivity index (χ0n) is 16.5. The van der Waals surface area contributed by atoms with Gasteiger partial charge >= 0.3 is 0 Å². The zero-order chi connectivity index (χ0) is 20.9. The van der Waals surface area contributed by atoms with E-state index in [1.54, 1.807) is 11.0 Å². The van der Waals surface area contributed by atoms with Gasteiger partial charge in [0.1, 0.15) is 5.75 Å². The van der Waals surface area contributed by atoms with Gasteiger partial charge in [0.05, 0.1) is 4.92 Å². The summed E-state index contributed by atoms with van der Waals surface area (Å²) in [7, 11) is 0. The molecule has 0 aromatic heterocycles. The van der Waals surface area contributed by atoms with Crippen molar-refractivity contribution in [1.82, 2.24) is 4.90 Å². The highest BCUT2D eigenvalue weighted by Crippen LogP contribution is 2.27. The number of carbonyl (C=O) groups is 1. The molecular formula is C24H22N2O4. The summed E-state index contributed by atoms with van der Waals surface area (Å²) < 4.78 is 5.83. The third kappa shape index (κ3) is 4.49. The second-order valence-electron chi connectivity index (χ2n) is 7.33. The van der Waals surface area contributed by atoms with Gasteiger partial charge in [-0.2, -0.15) is 0 Å². The molecule has 0 saturated heterocycles. The maximum absolute atomic E-state index is 12.7. The van der Waals surface area contributed by atoms with Crippen molar-refractivity contribution in [2.45, 2.75) is 19.4 Å². The van der Waals surface area contributed by atoms with E-state index >= 15 is 0 Å². The van der Waals surface area contributed by atoms with E-state index in [0.29, 0.717) is 30.8 Å². The number of ether oxygens (including phenoxy) is 1. The van der Waals surface area contributed by atoms with Gasteiger partial charge < -0.3 is 9.64 Å². The molecule has 0 unspecified atom stereocenters. The largest absolute Gasteiger partial charge is 0.483 e. The summed E-state index contributed by atoms with van der Waals surface area (Å²) in [6.45, 7) is 1.15. The SMILES string of the molecule is O=C(COc1ccc([N+](=O)[O-])cc1Cc1ccccc1)N1CCc2ccccc2C1. The Balaban J connectivity index is 1.47. The number of nitro benzene ring substituents is 1. The lowest BCUT2D eigenvalue weighted by Crippen LogP contribution is -2.38. The van der Waals surface area contributed by atoms with E-state index < -0.39 is 4.92 Å². The highest BCUT2D eigenvalue weighted by atomic mass is 16.6. The second-order valence-corrected chi connectivity index (χ2v) is 7.33. The Morgan fingerprint density at radius 3 is 2.50 bits per heavy atom. The average molecular weight is 402 g/mol. The number of hydrogen-bond donors (Lipinski definition) is 0. The van der Waals surface area contributed by atoms with Crippen LogP contribution < -0.4 is 4.74 Å². The van der Waals surface area contributed by atoms with Gasteiger partial charge in [-0.05, 0) is 29.2 Å². The van der Waals surface area contributed by atoms with E-state index in [4.69, 9.17) is 4.74 Å². The average Bonchev–Trinajstić information content (AvgIpc) is 2.78. The lowest BCUT2D eigenvalue weighted by Gasteiger charge is -2.29. The molecule has 0 aliphatic carbocycles. The topological polar surface area (TPSA) is 72.7 Å². The molecule has 6 heteroatoms. The zero-order valence-corrected chi connectivity index (χ0v) is 16.5. The summed E-state index contributed by atoms with van der Waals surface area (Å²) in [5.41, 5.74) is 4.15. The third-order valence-corrected chi connectivity index (χ3v) is 5.33. The summed E-state index contributed by atoms with van der Waals surface area (Å²) in [5, 5.41) is 11.2. The molecule has 152 valence electrons. The van der Waals surface area contributed by atoms with Crippen LogP contribution in [0.4, 0.5) is 5.69 Å². The highest BCUT2D eigenvalue weighted by Gasteiger charge is 2.21. The van der Waals surface area contributed by atoms with Crippen LogP contribution >= 0.6 is 0 Å². The number of non-ortho nitro benzene ring substituents is 1. The highest BCUT2D eigenvalue weighted by molar-refractivity contribution is 5.78. The number of nitrogens with zero attached hydrogens (tertiary/aromatic N) is 2. The minimum absolute atomic E-state index is 0.00671. The predicted molar refractivity (Wildman–Crippen MR) is 113 cm³/mol. The fraction of sp³-hybridized carbons (Fsp3) is 0.208. The summed E-state index contributed by atoms with van der Waals surface area (Å²) in [5.74, 6) is 0.406. The molecule has 4 rings (SSSR count). The van der Waals surface area contributed by atoms with Crippen LogP contribution in [0.15, 0.2) is 72.8 Å². The summed E-state index contributed by atoms with van der Waals surface area (Å²) in [6.07, 6.45) is 1.32. The molecule has 0 bridgehead atoms. The molecule has 1 aliphatic rings. The Labute approximate surface area is 174 Å². The molecule has 0 spiro atoms. The monoisotopic (exact) mass is 402 g/mol. The number of carbonyl (C=O) groups excluding carboxylic acids is 1. The summed E-state index contributed by atoms with van der Waals surface area (Å²) in [4.78, 5) is 25.3. The Bertz CT molecular complexity index is 1070. The van der Waals surface area contributed by atoms with Crippen molar-refractivity contribution in [2.24, 2.45) is 0 Å². The summed E-state index contributed by atoms with van der Waals surface area (Å²) >= 11 is 0. The van der Waals surface area contributed by atoms with Crippen LogP contribution in [0.3, 0.4) is 0 Å². The second kappa shape index (κ2) is 8.78. The Kier molecular flexibility index (Phi) is 5.75. The van der Waals surface area contributed by atoms with Crippen molar-refractivity contribution in [1.29, 1.82) is 0 Å². The first kappa shape index (κ1) is 19.6. The molecule has 0 radical (unpaired) electrons. The molecule has 0 fully saturated rings. The van der Waals surface area contributed by atoms with Crippen LogP contribution in [0.2, 0.25) is 0 Å². The van der Waals surface area contributed by atoms with Crippen molar-refractivity contribution < 1.29 is 14.5 Å². The van der Waals surface area contributed by atoms with Crippen LogP contribution in [-0.4, -0.2) is 28.9 Å². The molecule has 1 heterocycles. The van der Waals surface area contributed by atoms with Gasteiger partial charge in [-0.15, -0.1) is 0 Å². The first-order valence-corrected chi connectivity index (χ1v) is 9.89. The van der Waals surface area contributed by atoms with E-state index in [1.165, 1.54) is 17.7 Å². The minimum atomic E-state index is -0.422. The fourth-order valence-corrected chi connectivity index (χ4v) is 3.71. The van der Waals surface area contributed by atoms with Crippen LogP contribution in [0.1, 0.15) is 22.3 Å². The first-order valence-electron chi connectivity index (χ1n) is 9.89. The number of benzene rings is 3. The van der Waals surface area contributed by atoms with E-state index in [1.807, 2.05) is 48.5 Å². The maximum Gasteiger partial charge on any atom is 0.269 e. The number of amides is 1. The van der Waals surface area contributed by atoms with Crippen molar-refractivity contribution in [2.75, 3.05) is 13.2 Å². The van der Waals surface area contributed by atoms with Gasteiger partial charge in [-0.25, -0.2) is 0 Å². The first-order chi connectivity index (χ1) is 14.6. The van der Waals surface area contributed by atoms with Crippen molar-refractivity contribution >= 4 is 11.6 Å². The number of fused-ring (bicyclic) bond motifs is 1. The van der Waals surface area contributed by atoms with Gasteiger partial charge in [0.2, 0.25) is 0 Å². The lowest BCUT2D eigenvalue weighted by atomic mass is 10.00. The van der Waals surface area contributed by atoms with Crippen LogP contribution in [0, 0.1) is 10.1 Å². The molecule has 0 saturated carbocycles. The molecule has 6 nitrogen and oxygen atoms in total. The Morgan fingerprint density at radius 1 is 1.00 bits per heavy atom. The van der Waals surface area contributed by atoms with Gasteiger partial charge in [0.25, 0.3) is 11.6 Å². The molecule has 1 aliphatic heterocycles. The van der Waals surface area contributed by atoms with Crippen molar-refractivity contribution in [3.05, 3.63) is 105 Å². The Hall–Kier alpha value is -3.67. The van der Waals surface area contributed by atoms with Crippen LogP contribution in [-0.2, 0) is 24.2 Å². The van der Waals surface area contributed by atoms with Crippen molar-refractivity contribution in [3.63, 3.8) is 0 Å². The van der Waals surface area contributed by atoms with Gasteiger partial charge in [0, 0.05) is 37.2 Å². The van der Waals surface area contributed by atoms with E-state index in [-0.39, 0.29) is 18.2 Å². The summed E-state index contributed by atoms with van der Waals surface area (Å²) in [6, 6.07) is 22.3.